The minimum absolute atomic E-state index is 0. The van der Waals surface area contributed by atoms with Gasteiger partial charge in [-0.3, -0.25) is 4.99 Å². The average molecular weight is 955 g/mol. The molecule has 297 valence electrons. The van der Waals surface area contributed by atoms with Crippen molar-refractivity contribution in [1.29, 1.82) is 0 Å². The van der Waals surface area contributed by atoms with Gasteiger partial charge in [0.2, 0.25) is 0 Å². The summed E-state index contributed by atoms with van der Waals surface area (Å²) in [6.45, 7) is 11.6. The molecule has 0 fully saturated rings. The Balaban J connectivity index is 0.000000329. The van der Waals surface area contributed by atoms with E-state index in [9.17, 15) is 0 Å². The standard InChI is InChI=1S/C45H38NO.C11H8N.Ir/c1-28(2)37-25-33(31-17-10-7-11-18-31)26-38(29(3)4)42(37)45(5)39-21-12-13-22-40(39)46-44(45)36-20-14-19-35-34-24-23-32(27-41(34)47-43(35)36)30-15-8-6-9-16-30;1-2-6-10(7-3-1)11-8-4-5-9-12-11;/h6-19,21-29H,1-5H3;1-6,8-9H;/q2*-1;. The monoisotopic (exact) mass is 955 g/mol. The first-order valence-corrected chi connectivity index (χ1v) is 20.5. The Morgan fingerprint density at radius 3 is 1.87 bits per heavy atom. The molecule has 2 aromatic heterocycles. The first-order chi connectivity index (χ1) is 28.8. The fraction of sp³-hybridized carbons (Fsp3) is 0.143. The Labute approximate surface area is 367 Å². The molecule has 1 aliphatic rings. The molecule has 9 aromatic rings. The van der Waals surface area contributed by atoms with E-state index in [1.54, 1.807) is 6.20 Å². The van der Waals surface area contributed by atoms with E-state index >= 15 is 0 Å². The molecule has 0 spiro atoms. The second kappa shape index (κ2) is 17.2. The van der Waals surface area contributed by atoms with E-state index in [4.69, 9.17) is 9.41 Å². The van der Waals surface area contributed by atoms with E-state index in [1.165, 1.54) is 38.9 Å². The van der Waals surface area contributed by atoms with Crippen LogP contribution < -0.4 is 0 Å². The fourth-order valence-electron chi connectivity index (χ4n) is 8.69. The van der Waals surface area contributed by atoms with Crippen molar-refractivity contribution in [1.82, 2.24) is 4.98 Å². The molecule has 1 unspecified atom stereocenters. The molecular weight excluding hydrogens is 909 g/mol. The maximum Gasteiger partial charge on any atom is 0.121 e. The molecule has 1 radical (unpaired) electrons. The van der Waals surface area contributed by atoms with Gasteiger partial charge in [-0.15, -0.1) is 54.1 Å². The number of rotatable bonds is 7. The number of para-hydroxylation sites is 1. The molecule has 0 amide bonds. The number of aromatic nitrogens is 1. The van der Waals surface area contributed by atoms with E-state index < -0.39 is 5.41 Å². The third kappa shape index (κ3) is 7.47. The first kappa shape index (κ1) is 40.6. The molecule has 0 saturated heterocycles. The summed E-state index contributed by atoms with van der Waals surface area (Å²) >= 11 is 0. The molecule has 10 rings (SSSR count). The Kier molecular flexibility index (Phi) is 11.6. The summed E-state index contributed by atoms with van der Waals surface area (Å²) in [6.07, 6.45) is 1.79. The topological polar surface area (TPSA) is 38.4 Å². The molecule has 4 heteroatoms. The predicted octanol–water partition coefficient (Wildman–Crippen LogP) is 15.0. The van der Waals surface area contributed by atoms with Gasteiger partial charge >= 0.3 is 0 Å². The van der Waals surface area contributed by atoms with Crippen LogP contribution in [0, 0.1) is 12.1 Å². The predicted molar refractivity (Wildman–Crippen MR) is 246 cm³/mol. The maximum atomic E-state index is 6.81. The summed E-state index contributed by atoms with van der Waals surface area (Å²) in [7, 11) is 0. The van der Waals surface area contributed by atoms with E-state index in [2.05, 4.69) is 167 Å². The van der Waals surface area contributed by atoms with Crippen molar-refractivity contribution in [3.05, 3.63) is 216 Å². The van der Waals surface area contributed by atoms with Crippen LogP contribution in [-0.4, -0.2) is 10.7 Å². The van der Waals surface area contributed by atoms with Crippen molar-refractivity contribution in [2.45, 2.75) is 51.9 Å². The van der Waals surface area contributed by atoms with Crippen molar-refractivity contribution in [3.63, 3.8) is 0 Å². The van der Waals surface area contributed by atoms with Crippen molar-refractivity contribution in [2.75, 3.05) is 0 Å². The number of aliphatic imine (C=N–C) groups is 1. The van der Waals surface area contributed by atoms with Crippen molar-refractivity contribution in [3.8, 4) is 33.5 Å². The normalized spacial score (nSPS) is 14.4. The molecular formula is C56H46IrN2O-2. The zero-order valence-corrected chi connectivity index (χ0v) is 36.9. The van der Waals surface area contributed by atoms with E-state index in [0.29, 0.717) is 11.8 Å². The van der Waals surface area contributed by atoms with Crippen LogP contribution in [-0.2, 0) is 25.5 Å². The third-order valence-corrected chi connectivity index (χ3v) is 11.6. The van der Waals surface area contributed by atoms with Crippen molar-refractivity contribution in [2.24, 2.45) is 4.99 Å². The number of furan rings is 1. The van der Waals surface area contributed by atoms with Crippen LogP contribution in [0.2, 0.25) is 0 Å². The van der Waals surface area contributed by atoms with Gasteiger partial charge in [-0.05, 0) is 85.9 Å². The number of pyridine rings is 1. The fourth-order valence-corrected chi connectivity index (χ4v) is 8.69. The summed E-state index contributed by atoms with van der Waals surface area (Å²) in [5, 5.41) is 2.19. The molecule has 7 aromatic carbocycles. The van der Waals surface area contributed by atoms with Gasteiger partial charge in [0.25, 0.3) is 0 Å². The quantitative estimate of drug-likeness (QED) is 0.149. The summed E-state index contributed by atoms with van der Waals surface area (Å²) in [5.74, 6) is 0.610. The van der Waals surface area contributed by atoms with Crippen LogP contribution in [0.25, 0.3) is 55.4 Å². The van der Waals surface area contributed by atoms with Gasteiger partial charge in [-0.2, -0.15) is 0 Å². The number of fused-ring (bicyclic) bond motifs is 4. The maximum absolute atomic E-state index is 6.81. The molecule has 3 heterocycles. The Hall–Kier alpha value is -6.19. The largest absolute Gasteiger partial charge is 0.501 e. The number of hydrogen-bond donors (Lipinski definition) is 0. The van der Waals surface area contributed by atoms with Crippen LogP contribution in [0.1, 0.15) is 74.3 Å². The number of nitrogens with zero attached hydrogens (tertiary/aromatic N) is 2. The van der Waals surface area contributed by atoms with Gasteiger partial charge in [0.05, 0.1) is 11.3 Å². The van der Waals surface area contributed by atoms with Crippen LogP contribution in [0.3, 0.4) is 0 Å². The van der Waals surface area contributed by atoms with Crippen LogP contribution >= 0.6 is 0 Å². The first-order valence-electron chi connectivity index (χ1n) is 20.5. The van der Waals surface area contributed by atoms with Gasteiger partial charge < -0.3 is 9.40 Å². The average Bonchev–Trinajstić information content (AvgIpc) is 3.82. The summed E-state index contributed by atoms with van der Waals surface area (Å²) in [4.78, 5) is 9.66. The summed E-state index contributed by atoms with van der Waals surface area (Å²) in [5.41, 5.74) is 16.2. The van der Waals surface area contributed by atoms with Gasteiger partial charge in [0, 0.05) is 37.1 Å². The number of benzene rings is 7. The summed E-state index contributed by atoms with van der Waals surface area (Å²) < 4.78 is 6.81. The SMILES string of the molecule is CC(C)c1cc(-c2ccccc2)cc(C(C)C)c1C1(C)C(c2[c-]ccc3c2oc2cc(-c4ccccc4)ccc23)=Nc2ccccc21.[Ir].[c-]1ccccc1-c1ccccn1. The number of hydrogen-bond acceptors (Lipinski definition) is 3. The Morgan fingerprint density at radius 2 is 1.22 bits per heavy atom. The van der Waals surface area contributed by atoms with Crippen molar-refractivity contribution >= 4 is 33.3 Å². The van der Waals surface area contributed by atoms with Gasteiger partial charge in [0.1, 0.15) is 5.58 Å². The molecule has 1 aliphatic heterocycles. The molecule has 1 atom stereocenters. The zero-order valence-electron chi connectivity index (χ0n) is 34.5. The minimum atomic E-state index is -0.524. The van der Waals surface area contributed by atoms with Crippen LogP contribution in [0.15, 0.2) is 185 Å². The second-order valence-electron chi connectivity index (χ2n) is 16.1. The Bertz CT molecular complexity index is 2870. The Morgan fingerprint density at radius 1 is 0.567 bits per heavy atom. The molecule has 3 nitrogen and oxygen atoms in total. The second-order valence-corrected chi connectivity index (χ2v) is 16.1. The smallest absolute Gasteiger partial charge is 0.121 e. The van der Waals surface area contributed by atoms with Crippen LogP contribution in [0.5, 0.6) is 0 Å². The molecule has 0 aliphatic carbocycles. The minimum Gasteiger partial charge on any atom is -0.501 e. The van der Waals surface area contributed by atoms with Crippen LogP contribution in [0.4, 0.5) is 5.69 Å². The molecule has 60 heavy (non-hydrogen) atoms. The molecule has 0 saturated carbocycles. The van der Waals surface area contributed by atoms with E-state index in [1.807, 2.05) is 54.6 Å². The van der Waals surface area contributed by atoms with Gasteiger partial charge in [-0.25, -0.2) is 0 Å². The third-order valence-electron chi connectivity index (χ3n) is 11.6. The van der Waals surface area contributed by atoms with Gasteiger partial charge in [-0.1, -0.05) is 161 Å². The van der Waals surface area contributed by atoms with Gasteiger partial charge in [0.15, 0.2) is 0 Å². The zero-order chi connectivity index (χ0) is 40.5. The van der Waals surface area contributed by atoms with E-state index in [0.717, 1.165) is 55.7 Å². The molecule has 0 bridgehead atoms. The van der Waals surface area contributed by atoms with E-state index in [-0.39, 0.29) is 20.1 Å². The molecule has 0 N–H and O–H groups in total. The van der Waals surface area contributed by atoms with Crippen molar-refractivity contribution < 1.29 is 24.5 Å². The summed E-state index contributed by atoms with van der Waals surface area (Å²) in [6, 6.07) is 65.9.